The van der Waals surface area contributed by atoms with Gasteiger partial charge in [-0.15, -0.1) is 0 Å². The third-order valence-electron chi connectivity index (χ3n) is 3.36. The summed E-state index contributed by atoms with van der Waals surface area (Å²) in [4.78, 5) is 26.5. The lowest BCUT2D eigenvalue weighted by atomic mass is 10.2. The molecule has 0 atom stereocenters. The van der Waals surface area contributed by atoms with Gasteiger partial charge in [0.15, 0.2) is 0 Å². The molecule has 0 saturated heterocycles. The van der Waals surface area contributed by atoms with Crippen molar-refractivity contribution in [1.29, 1.82) is 0 Å². The molecule has 0 aliphatic heterocycles. The average molecular weight is 357 g/mol. The van der Waals surface area contributed by atoms with E-state index in [0.717, 1.165) is 29.1 Å². The van der Waals surface area contributed by atoms with Gasteiger partial charge in [0.2, 0.25) is 5.91 Å². The van der Waals surface area contributed by atoms with Crippen LogP contribution < -0.4 is 5.32 Å². The number of nitrogens with one attached hydrogen (secondary N) is 1. The Morgan fingerprint density at radius 2 is 2.00 bits per heavy atom. The largest absolute Gasteiger partial charge is 0.323 e. The Labute approximate surface area is 146 Å². The maximum Gasteiger partial charge on any atom is 0.271 e. The maximum atomic E-state index is 13.7. The number of hydrogen-bond acceptors (Lipinski definition) is 5. The summed E-state index contributed by atoms with van der Waals surface area (Å²) >= 11 is 1.20. The van der Waals surface area contributed by atoms with Gasteiger partial charge < -0.3 is 5.32 Å². The zero-order valence-electron chi connectivity index (χ0n) is 12.8. The molecular formula is C17H12FN3O3S. The quantitative estimate of drug-likeness (QED) is 0.424. The van der Waals surface area contributed by atoms with Crippen LogP contribution in [0.3, 0.4) is 0 Å². The first-order chi connectivity index (χ1) is 12.0. The fraction of sp³-hybridized carbons (Fsp3) is 0.0588. The molecule has 1 amide bonds. The Bertz CT molecular complexity index is 965. The molecule has 0 spiro atoms. The molecule has 0 aliphatic rings. The normalized spacial score (nSPS) is 10.6. The number of amides is 1. The molecule has 25 heavy (non-hydrogen) atoms. The van der Waals surface area contributed by atoms with Gasteiger partial charge in [-0.1, -0.05) is 36.0 Å². The van der Waals surface area contributed by atoms with Crippen LogP contribution in [0.25, 0.3) is 10.9 Å². The highest BCUT2D eigenvalue weighted by Gasteiger charge is 2.13. The number of rotatable bonds is 5. The Hall–Kier alpha value is -3.00. The standard InChI is InChI=1S/C17H12FN3O3S/c18-13-7-6-12(21(23)24)9-15(13)19-16(22)10-25-17-8-5-11-3-1-2-4-14(11)20-17/h1-9H,10H2,(H,19,22). The summed E-state index contributed by atoms with van der Waals surface area (Å²) in [5, 5.41) is 14.7. The van der Waals surface area contributed by atoms with Gasteiger partial charge in [0.25, 0.3) is 5.69 Å². The number of pyridine rings is 1. The second kappa shape index (κ2) is 7.27. The van der Waals surface area contributed by atoms with Gasteiger partial charge in [0, 0.05) is 17.5 Å². The van der Waals surface area contributed by atoms with E-state index in [2.05, 4.69) is 10.3 Å². The van der Waals surface area contributed by atoms with Crippen LogP contribution in [0.4, 0.5) is 15.8 Å². The summed E-state index contributed by atoms with van der Waals surface area (Å²) in [6.07, 6.45) is 0. The van der Waals surface area contributed by atoms with Crippen molar-refractivity contribution in [2.24, 2.45) is 0 Å². The smallest absolute Gasteiger partial charge is 0.271 e. The van der Waals surface area contributed by atoms with E-state index in [9.17, 15) is 19.3 Å². The van der Waals surface area contributed by atoms with Crippen LogP contribution in [0.5, 0.6) is 0 Å². The molecule has 3 aromatic rings. The van der Waals surface area contributed by atoms with Gasteiger partial charge in [0.1, 0.15) is 5.82 Å². The molecule has 0 saturated carbocycles. The van der Waals surface area contributed by atoms with Gasteiger partial charge in [0.05, 0.1) is 26.9 Å². The Kier molecular flexibility index (Phi) is 4.90. The molecule has 2 aromatic carbocycles. The van der Waals surface area contributed by atoms with Crippen molar-refractivity contribution in [3.05, 3.63) is 70.5 Å². The van der Waals surface area contributed by atoms with Crippen LogP contribution in [-0.2, 0) is 4.79 Å². The summed E-state index contributed by atoms with van der Waals surface area (Å²) in [6, 6.07) is 14.3. The number of thioether (sulfide) groups is 1. The number of benzene rings is 2. The third-order valence-corrected chi connectivity index (χ3v) is 4.29. The first kappa shape index (κ1) is 16.8. The van der Waals surface area contributed by atoms with Crippen molar-refractivity contribution >= 4 is 39.9 Å². The predicted molar refractivity (Wildman–Crippen MR) is 94.2 cm³/mol. The number of halogens is 1. The van der Waals surface area contributed by atoms with E-state index < -0.39 is 16.6 Å². The topological polar surface area (TPSA) is 85.1 Å². The number of hydrogen-bond donors (Lipinski definition) is 1. The van der Waals surface area contributed by atoms with Gasteiger partial charge in [-0.05, 0) is 18.2 Å². The number of fused-ring (bicyclic) bond motifs is 1. The van der Waals surface area contributed by atoms with Crippen molar-refractivity contribution in [2.45, 2.75) is 5.03 Å². The van der Waals surface area contributed by atoms with E-state index in [-0.39, 0.29) is 17.1 Å². The highest BCUT2D eigenvalue weighted by molar-refractivity contribution is 7.99. The van der Waals surface area contributed by atoms with E-state index in [0.29, 0.717) is 5.03 Å². The number of nitrogens with zero attached hydrogens (tertiary/aromatic N) is 2. The van der Waals surface area contributed by atoms with E-state index >= 15 is 0 Å². The molecule has 1 aromatic heterocycles. The highest BCUT2D eigenvalue weighted by Crippen LogP contribution is 2.23. The minimum Gasteiger partial charge on any atom is -0.323 e. The number of nitro benzene ring substituents is 1. The minimum atomic E-state index is -0.729. The number of carbonyl (C=O) groups excluding carboxylic acids is 1. The Balaban J connectivity index is 1.66. The average Bonchev–Trinajstić information content (AvgIpc) is 2.61. The van der Waals surface area contributed by atoms with E-state index in [4.69, 9.17) is 0 Å². The molecule has 126 valence electrons. The summed E-state index contributed by atoms with van der Waals surface area (Å²) in [5.41, 5.74) is 0.310. The number of aromatic nitrogens is 1. The van der Waals surface area contributed by atoms with Gasteiger partial charge in [-0.3, -0.25) is 14.9 Å². The Morgan fingerprint density at radius 1 is 1.20 bits per heavy atom. The molecule has 3 rings (SSSR count). The second-order valence-corrected chi connectivity index (χ2v) is 6.10. The lowest BCUT2D eigenvalue weighted by molar-refractivity contribution is -0.384. The summed E-state index contributed by atoms with van der Waals surface area (Å²) in [6.45, 7) is 0. The molecule has 1 heterocycles. The zero-order valence-corrected chi connectivity index (χ0v) is 13.6. The van der Waals surface area contributed by atoms with Crippen molar-refractivity contribution in [3.8, 4) is 0 Å². The van der Waals surface area contributed by atoms with Gasteiger partial charge in [-0.2, -0.15) is 0 Å². The van der Waals surface area contributed by atoms with Crippen molar-refractivity contribution < 1.29 is 14.1 Å². The zero-order chi connectivity index (χ0) is 17.8. The number of anilines is 1. The fourth-order valence-corrected chi connectivity index (χ4v) is 2.85. The van der Waals surface area contributed by atoms with Crippen molar-refractivity contribution in [2.75, 3.05) is 11.1 Å². The van der Waals surface area contributed by atoms with Gasteiger partial charge in [-0.25, -0.2) is 9.37 Å². The van der Waals surface area contributed by atoms with Crippen LogP contribution in [0.15, 0.2) is 59.6 Å². The number of carbonyl (C=O) groups is 1. The Morgan fingerprint density at radius 3 is 2.80 bits per heavy atom. The monoisotopic (exact) mass is 357 g/mol. The molecule has 1 N–H and O–H groups in total. The number of non-ortho nitro benzene ring substituents is 1. The summed E-state index contributed by atoms with van der Waals surface area (Å²) in [5.74, 6) is -1.19. The molecule has 0 radical (unpaired) electrons. The number of para-hydroxylation sites is 1. The SMILES string of the molecule is O=C(CSc1ccc2ccccc2n1)Nc1cc([N+](=O)[O-])ccc1F. The molecular weight excluding hydrogens is 345 g/mol. The second-order valence-electron chi connectivity index (χ2n) is 5.10. The van der Waals surface area contributed by atoms with Gasteiger partial charge >= 0.3 is 0 Å². The lowest BCUT2D eigenvalue weighted by Crippen LogP contribution is -2.15. The van der Waals surface area contributed by atoms with E-state index in [1.54, 1.807) is 6.07 Å². The first-order valence-corrected chi connectivity index (χ1v) is 8.24. The molecule has 6 nitrogen and oxygen atoms in total. The molecule has 8 heteroatoms. The molecule has 0 unspecified atom stereocenters. The van der Waals surface area contributed by atoms with Crippen LogP contribution >= 0.6 is 11.8 Å². The first-order valence-electron chi connectivity index (χ1n) is 7.25. The maximum absolute atomic E-state index is 13.7. The molecule has 0 bridgehead atoms. The van der Waals surface area contributed by atoms with E-state index in [1.807, 2.05) is 30.3 Å². The fourth-order valence-electron chi connectivity index (χ4n) is 2.18. The summed E-state index contributed by atoms with van der Waals surface area (Å²) < 4.78 is 13.7. The van der Waals surface area contributed by atoms with Crippen LogP contribution in [0, 0.1) is 15.9 Å². The predicted octanol–water partition coefficient (Wildman–Crippen LogP) is 4.01. The summed E-state index contributed by atoms with van der Waals surface area (Å²) in [7, 11) is 0. The molecule has 0 fully saturated rings. The van der Waals surface area contributed by atoms with Crippen LogP contribution in [0.1, 0.15) is 0 Å². The van der Waals surface area contributed by atoms with Crippen LogP contribution in [-0.4, -0.2) is 21.6 Å². The van der Waals surface area contributed by atoms with E-state index in [1.165, 1.54) is 11.8 Å². The van der Waals surface area contributed by atoms with Crippen molar-refractivity contribution in [1.82, 2.24) is 4.98 Å². The lowest BCUT2D eigenvalue weighted by Gasteiger charge is -2.06. The third kappa shape index (κ3) is 4.10. The van der Waals surface area contributed by atoms with Crippen LogP contribution in [0.2, 0.25) is 0 Å². The minimum absolute atomic E-state index is 0.00741. The number of nitro groups is 1. The molecule has 0 aliphatic carbocycles. The highest BCUT2D eigenvalue weighted by atomic mass is 32.2. The van der Waals surface area contributed by atoms with Crippen molar-refractivity contribution in [3.63, 3.8) is 0 Å².